The Morgan fingerprint density at radius 2 is 2.11 bits per heavy atom. The molecule has 0 bridgehead atoms. The van der Waals surface area contributed by atoms with E-state index in [9.17, 15) is 9.50 Å². The van der Waals surface area contributed by atoms with Crippen molar-refractivity contribution in [1.82, 2.24) is 5.32 Å². The highest BCUT2D eigenvalue weighted by Crippen LogP contribution is 2.16. The third-order valence-electron chi connectivity index (χ3n) is 3.35. The van der Waals surface area contributed by atoms with Gasteiger partial charge in [-0.15, -0.1) is 0 Å². The number of ether oxygens (including phenoxy) is 1. The molecule has 3 unspecified atom stereocenters. The third kappa shape index (κ3) is 3.68. The van der Waals surface area contributed by atoms with Crippen molar-refractivity contribution in [2.24, 2.45) is 0 Å². The first-order valence-electron chi connectivity index (χ1n) is 6.47. The van der Waals surface area contributed by atoms with Gasteiger partial charge in [-0.2, -0.15) is 0 Å². The number of benzene rings is 1. The molecule has 1 saturated heterocycles. The van der Waals surface area contributed by atoms with Gasteiger partial charge in [-0.3, -0.25) is 0 Å². The van der Waals surface area contributed by atoms with E-state index in [1.807, 2.05) is 0 Å². The average molecular weight is 253 g/mol. The fourth-order valence-corrected chi connectivity index (χ4v) is 2.31. The molecule has 3 atom stereocenters. The molecule has 2 N–H and O–H groups in total. The van der Waals surface area contributed by atoms with Gasteiger partial charge in [-0.25, -0.2) is 4.39 Å². The van der Waals surface area contributed by atoms with Crippen LogP contribution in [0.4, 0.5) is 4.39 Å². The van der Waals surface area contributed by atoms with E-state index in [1.54, 1.807) is 12.1 Å². The van der Waals surface area contributed by atoms with E-state index in [0.29, 0.717) is 11.8 Å². The quantitative estimate of drug-likeness (QED) is 0.863. The molecule has 4 heteroatoms. The molecule has 18 heavy (non-hydrogen) atoms. The van der Waals surface area contributed by atoms with E-state index >= 15 is 0 Å². The standard InChI is InChI=1S/C14H20FNO2/c1-10-3-2-4-13(16-10)14(17)9-18-12-7-5-11(15)6-8-12/h5-8,10,13-14,16-17H,2-4,9H2,1H3. The summed E-state index contributed by atoms with van der Waals surface area (Å²) < 4.78 is 18.2. The summed E-state index contributed by atoms with van der Waals surface area (Å²) in [4.78, 5) is 0. The van der Waals surface area contributed by atoms with Crippen molar-refractivity contribution < 1.29 is 14.2 Å². The minimum absolute atomic E-state index is 0.0919. The number of rotatable bonds is 4. The van der Waals surface area contributed by atoms with Gasteiger partial charge < -0.3 is 15.2 Å². The summed E-state index contributed by atoms with van der Waals surface area (Å²) >= 11 is 0. The van der Waals surface area contributed by atoms with Gasteiger partial charge in [0.15, 0.2) is 0 Å². The Kier molecular flexibility index (Phi) is 4.55. The normalized spacial score (nSPS) is 25.7. The molecule has 1 aromatic carbocycles. The van der Waals surface area contributed by atoms with E-state index in [4.69, 9.17) is 4.74 Å². The van der Waals surface area contributed by atoms with E-state index < -0.39 is 6.10 Å². The highest BCUT2D eigenvalue weighted by molar-refractivity contribution is 5.22. The molecule has 0 spiro atoms. The number of halogens is 1. The first-order chi connectivity index (χ1) is 8.65. The van der Waals surface area contributed by atoms with Gasteiger partial charge >= 0.3 is 0 Å². The highest BCUT2D eigenvalue weighted by atomic mass is 19.1. The topological polar surface area (TPSA) is 41.5 Å². The molecule has 3 nitrogen and oxygen atoms in total. The molecule has 0 radical (unpaired) electrons. The zero-order valence-corrected chi connectivity index (χ0v) is 10.6. The lowest BCUT2D eigenvalue weighted by atomic mass is 9.96. The molecule has 100 valence electrons. The summed E-state index contributed by atoms with van der Waals surface area (Å²) in [5, 5.41) is 13.4. The maximum atomic E-state index is 12.7. The summed E-state index contributed by atoms with van der Waals surface area (Å²) in [7, 11) is 0. The lowest BCUT2D eigenvalue weighted by Crippen LogP contribution is -2.49. The molecule has 1 heterocycles. The Hall–Kier alpha value is -1.13. The Morgan fingerprint density at radius 1 is 1.39 bits per heavy atom. The molecule has 0 amide bonds. The van der Waals surface area contributed by atoms with Gasteiger partial charge in [-0.05, 0) is 44.0 Å². The molecule has 0 aromatic heterocycles. The Balaban J connectivity index is 1.80. The van der Waals surface area contributed by atoms with E-state index in [-0.39, 0.29) is 18.5 Å². The summed E-state index contributed by atoms with van der Waals surface area (Å²) in [6, 6.07) is 6.38. The molecule has 1 fully saturated rings. The predicted molar refractivity (Wildman–Crippen MR) is 68.1 cm³/mol. The summed E-state index contributed by atoms with van der Waals surface area (Å²) in [5.74, 6) is 0.296. The SMILES string of the molecule is CC1CCCC(C(O)COc2ccc(F)cc2)N1. The van der Waals surface area contributed by atoms with Crippen LogP contribution in [0.2, 0.25) is 0 Å². The van der Waals surface area contributed by atoms with Gasteiger partial charge in [0.25, 0.3) is 0 Å². The van der Waals surface area contributed by atoms with Crippen LogP contribution in [0, 0.1) is 5.82 Å². The monoisotopic (exact) mass is 253 g/mol. The number of aliphatic hydroxyl groups excluding tert-OH is 1. The van der Waals surface area contributed by atoms with Crippen LogP contribution in [0.3, 0.4) is 0 Å². The average Bonchev–Trinajstić information content (AvgIpc) is 2.38. The molecule has 1 aliphatic rings. The van der Waals surface area contributed by atoms with E-state index in [2.05, 4.69) is 12.2 Å². The zero-order chi connectivity index (χ0) is 13.0. The zero-order valence-electron chi connectivity index (χ0n) is 10.6. The summed E-state index contributed by atoms with van der Waals surface area (Å²) in [6.45, 7) is 2.36. The minimum atomic E-state index is -0.530. The Bertz CT molecular complexity index is 369. The maximum absolute atomic E-state index is 12.7. The molecule has 1 aromatic rings. The molecule has 1 aliphatic heterocycles. The van der Waals surface area contributed by atoms with Crippen LogP contribution in [-0.2, 0) is 0 Å². The van der Waals surface area contributed by atoms with Crippen molar-refractivity contribution >= 4 is 0 Å². The predicted octanol–water partition coefficient (Wildman–Crippen LogP) is 2.10. The number of hydrogen-bond donors (Lipinski definition) is 2. The van der Waals surface area contributed by atoms with Crippen molar-refractivity contribution in [2.75, 3.05) is 6.61 Å². The van der Waals surface area contributed by atoms with Crippen LogP contribution in [0.25, 0.3) is 0 Å². The van der Waals surface area contributed by atoms with Crippen LogP contribution in [-0.4, -0.2) is 29.9 Å². The number of hydrogen-bond acceptors (Lipinski definition) is 3. The van der Waals surface area contributed by atoms with E-state index in [1.165, 1.54) is 12.1 Å². The summed E-state index contributed by atoms with van der Waals surface area (Å²) in [5.41, 5.74) is 0. The molecular formula is C14H20FNO2. The second-order valence-corrected chi connectivity index (χ2v) is 4.94. The Labute approximate surface area is 107 Å². The van der Waals surface area contributed by atoms with Crippen LogP contribution < -0.4 is 10.1 Å². The second kappa shape index (κ2) is 6.16. The van der Waals surface area contributed by atoms with Crippen molar-refractivity contribution in [3.05, 3.63) is 30.1 Å². The van der Waals surface area contributed by atoms with Gasteiger partial charge in [0.05, 0.1) is 0 Å². The lowest BCUT2D eigenvalue weighted by Gasteiger charge is -2.32. The van der Waals surface area contributed by atoms with Gasteiger partial charge in [-0.1, -0.05) is 6.42 Å². The van der Waals surface area contributed by atoms with Crippen molar-refractivity contribution in [3.63, 3.8) is 0 Å². The first-order valence-corrected chi connectivity index (χ1v) is 6.47. The van der Waals surface area contributed by atoms with Crippen LogP contribution >= 0.6 is 0 Å². The smallest absolute Gasteiger partial charge is 0.123 e. The number of aliphatic hydroxyl groups is 1. The van der Waals surface area contributed by atoms with E-state index in [0.717, 1.165) is 19.3 Å². The number of piperidine rings is 1. The molecule has 0 saturated carbocycles. The highest BCUT2D eigenvalue weighted by Gasteiger charge is 2.24. The molecule has 2 rings (SSSR count). The van der Waals surface area contributed by atoms with Crippen molar-refractivity contribution in [1.29, 1.82) is 0 Å². The first kappa shape index (κ1) is 13.3. The number of nitrogens with one attached hydrogen (secondary N) is 1. The van der Waals surface area contributed by atoms with Crippen molar-refractivity contribution in [3.8, 4) is 5.75 Å². The van der Waals surface area contributed by atoms with Gasteiger partial charge in [0, 0.05) is 12.1 Å². The van der Waals surface area contributed by atoms with Crippen LogP contribution in [0.5, 0.6) is 5.75 Å². The minimum Gasteiger partial charge on any atom is -0.491 e. The second-order valence-electron chi connectivity index (χ2n) is 4.94. The Morgan fingerprint density at radius 3 is 2.78 bits per heavy atom. The van der Waals surface area contributed by atoms with Gasteiger partial charge in [0.1, 0.15) is 24.3 Å². The van der Waals surface area contributed by atoms with Crippen LogP contribution in [0.15, 0.2) is 24.3 Å². The van der Waals surface area contributed by atoms with Gasteiger partial charge in [0.2, 0.25) is 0 Å². The maximum Gasteiger partial charge on any atom is 0.123 e. The lowest BCUT2D eigenvalue weighted by molar-refractivity contribution is 0.0576. The molecular weight excluding hydrogens is 233 g/mol. The fraction of sp³-hybridized carbons (Fsp3) is 0.571. The summed E-state index contributed by atoms with van der Waals surface area (Å²) in [6.07, 6.45) is 2.73. The fourth-order valence-electron chi connectivity index (χ4n) is 2.31. The molecule has 0 aliphatic carbocycles. The largest absolute Gasteiger partial charge is 0.491 e. The van der Waals surface area contributed by atoms with Crippen molar-refractivity contribution in [2.45, 2.75) is 44.4 Å². The van der Waals surface area contributed by atoms with Crippen LogP contribution in [0.1, 0.15) is 26.2 Å². The third-order valence-corrected chi connectivity index (χ3v) is 3.35.